The van der Waals surface area contributed by atoms with Crippen molar-refractivity contribution in [2.24, 2.45) is 0 Å². The highest BCUT2D eigenvalue weighted by Crippen LogP contribution is 2.33. The van der Waals surface area contributed by atoms with Crippen LogP contribution in [0, 0.1) is 0 Å². The molecule has 0 saturated heterocycles. The Morgan fingerprint density at radius 2 is 1.83 bits per heavy atom. The molecule has 0 bridgehead atoms. The number of aromatic nitrogens is 1. The third-order valence-corrected chi connectivity index (χ3v) is 5.03. The summed E-state index contributed by atoms with van der Waals surface area (Å²) < 4.78 is 5.57. The van der Waals surface area contributed by atoms with Gasteiger partial charge in [-0.25, -0.2) is 0 Å². The number of nitrogens with one attached hydrogen (secondary N) is 2. The lowest BCUT2D eigenvalue weighted by Crippen LogP contribution is -2.27. The van der Waals surface area contributed by atoms with E-state index in [1.54, 1.807) is 25.4 Å². The van der Waals surface area contributed by atoms with Crippen LogP contribution in [0.4, 0.5) is 0 Å². The highest BCUT2D eigenvalue weighted by molar-refractivity contribution is 5.97. The third kappa shape index (κ3) is 4.79. The van der Waals surface area contributed by atoms with Crippen molar-refractivity contribution in [1.82, 2.24) is 10.3 Å². The number of pyridine rings is 1. The minimum absolute atomic E-state index is 0.117. The fourth-order valence-corrected chi connectivity index (χ4v) is 3.49. The number of H-pyrrole nitrogens is 1. The number of carbonyl (C=O) groups is 1. The number of rotatable bonds is 6. The number of para-hydroxylation sites is 1. The zero-order valence-corrected chi connectivity index (χ0v) is 17.9. The van der Waals surface area contributed by atoms with Gasteiger partial charge in [-0.15, -0.1) is 0 Å². The first-order valence-corrected chi connectivity index (χ1v) is 10.0. The summed E-state index contributed by atoms with van der Waals surface area (Å²) >= 11 is 0. The molecule has 0 aliphatic heterocycles. The molecule has 0 spiro atoms. The Bertz CT molecular complexity index is 1090. The van der Waals surface area contributed by atoms with Crippen LogP contribution in [0.1, 0.15) is 42.3 Å². The van der Waals surface area contributed by atoms with E-state index in [1.165, 1.54) is 0 Å². The van der Waals surface area contributed by atoms with E-state index in [4.69, 9.17) is 4.74 Å². The largest absolute Gasteiger partial charge is 0.496 e. The van der Waals surface area contributed by atoms with Gasteiger partial charge in [-0.3, -0.25) is 9.59 Å². The van der Waals surface area contributed by atoms with E-state index in [-0.39, 0.29) is 16.9 Å². The maximum atomic E-state index is 12.8. The average Bonchev–Trinajstić information content (AvgIpc) is 2.73. The minimum Gasteiger partial charge on any atom is -0.496 e. The Kier molecular flexibility index (Phi) is 6.40. The van der Waals surface area contributed by atoms with Crippen molar-refractivity contribution < 1.29 is 9.53 Å². The van der Waals surface area contributed by atoms with Crippen LogP contribution in [0.25, 0.3) is 11.1 Å². The van der Waals surface area contributed by atoms with Crippen molar-refractivity contribution in [3.63, 3.8) is 0 Å². The third-order valence-electron chi connectivity index (χ3n) is 5.03. The van der Waals surface area contributed by atoms with E-state index in [9.17, 15) is 9.59 Å². The van der Waals surface area contributed by atoms with Gasteiger partial charge in [0.05, 0.1) is 12.7 Å². The van der Waals surface area contributed by atoms with Gasteiger partial charge in [0.2, 0.25) is 0 Å². The van der Waals surface area contributed by atoms with Crippen molar-refractivity contribution in [3.05, 3.63) is 87.8 Å². The average molecular weight is 405 g/mol. The quantitative estimate of drug-likeness (QED) is 0.643. The Hall–Kier alpha value is -3.34. The number of hydrogen-bond donors (Lipinski definition) is 2. The van der Waals surface area contributed by atoms with Crippen molar-refractivity contribution in [1.29, 1.82) is 0 Å². The second kappa shape index (κ2) is 8.99. The highest BCUT2D eigenvalue weighted by atomic mass is 16.5. The van der Waals surface area contributed by atoms with Crippen molar-refractivity contribution in [2.45, 2.75) is 32.6 Å². The normalized spacial score (nSPS) is 11.2. The molecule has 30 heavy (non-hydrogen) atoms. The Balaban J connectivity index is 1.71. The number of benzene rings is 2. The Morgan fingerprint density at radius 3 is 2.53 bits per heavy atom. The SMILES string of the molecule is COc1c(C(=O)NCCc2cccc(-c3ccc[nH]c3=O)c2)cccc1C(C)(C)C. The van der Waals surface area contributed by atoms with Gasteiger partial charge in [0.15, 0.2) is 0 Å². The molecule has 1 heterocycles. The first kappa shape index (κ1) is 21.4. The summed E-state index contributed by atoms with van der Waals surface area (Å²) in [5.74, 6) is 0.460. The minimum atomic E-state index is -0.159. The molecule has 2 N–H and O–H groups in total. The first-order chi connectivity index (χ1) is 14.3. The molecule has 0 aliphatic carbocycles. The standard InChI is InChI=1S/C25H28N2O3/c1-25(2,3)21-12-6-10-20(22(21)30-4)24(29)27-15-13-17-8-5-9-18(16-17)19-11-7-14-26-23(19)28/h5-12,14,16H,13,15H2,1-4H3,(H,26,28)(H,27,29). The smallest absolute Gasteiger partial charge is 0.255 e. The van der Waals surface area contributed by atoms with Gasteiger partial charge >= 0.3 is 0 Å². The molecule has 0 saturated carbocycles. The maximum Gasteiger partial charge on any atom is 0.255 e. The monoisotopic (exact) mass is 404 g/mol. The molecule has 1 amide bonds. The van der Waals surface area contributed by atoms with Gasteiger partial charge in [-0.1, -0.05) is 57.2 Å². The number of hydrogen-bond acceptors (Lipinski definition) is 3. The van der Waals surface area contributed by atoms with Crippen LogP contribution in [-0.4, -0.2) is 24.5 Å². The van der Waals surface area contributed by atoms with Crippen molar-refractivity contribution >= 4 is 5.91 Å². The summed E-state index contributed by atoms with van der Waals surface area (Å²) in [5.41, 5.74) is 3.83. The molecule has 0 atom stereocenters. The number of amides is 1. The number of methoxy groups -OCH3 is 1. The maximum absolute atomic E-state index is 12.8. The molecular weight excluding hydrogens is 376 g/mol. The van der Waals surface area contributed by atoms with Crippen LogP contribution in [0.15, 0.2) is 65.6 Å². The zero-order chi connectivity index (χ0) is 21.7. The second-order valence-electron chi connectivity index (χ2n) is 8.26. The molecule has 0 unspecified atom stereocenters. The van der Waals surface area contributed by atoms with E-state index < -0.39 is 0 Å². The van der Waals surface area contributed by atoms with Crippen LogP contribution in [0.5, 0.6) is 5.75 Å². The van der Waals surface area contributed by atoms with E-state index in [0.717, 1.165) is 16.7 Å². The summed E-state index contributed by atoms with van der Waals surface area (Å²) in [5, 5.41) is 2.98. The van der Waals surface area contributed by atoms with Crippen LogP contribution in [0.2, 0.25) is 0 Å². The predicted molar refractivity (Wildman–Crippen MR) is 120 cm³/mol. The van der Waals surface area contributed by atoms with Crippen LogP contribution in [0.3, 0.4) is 0 Å². The van der Waals surface area contributed by atoms with Crippen molar-refractivity contribution in [3.8, 4) is 16.9 Å². The lowest BCUT2D eigenvalue weighted by molar-refractivity contribution is 0.0951. The molecule has 3 aromatic rings. The lowest BCUT2D eigenvalue weighted by atomic mass is 9.85. The molecule has 1 aromatic heterocycles. The van der Waals surface area contributed by atoms with Crippen LogP contribution < -0.4 is 15.6 Å². The molecule has 2 aromatic carbocycles. The van der Waals surface area contributed by atoms with E-state index in [0.29, 0.717) is 29.8 Å². The molecule has 0 aliphatic rings. The van der Waals surface area contributed by atoms with E-state index in [2.05, 4.69) is 31.1 Å². The molecule has 0 radical (unpaired) electrons. The predicted octanol–water partition coefficient (Wildman–Crippen LogP) is 4.32. The van der Waals surface area contributed by atoms with E-state index in [1.807, 2.05) is 42.5 Å². The molecule has 3 rings (SSSR count). The molecule has 5 heteroatoms. The topological polar surface area (TPSA) is 71.2 Å². The Labute approximate surface area is 177 Å². The van der Waals surface area contributed by atoms with Gasteiger partial charge in [-0.05, 0) is 41.2 Å². The summed E-state index contributed by atoms with van der Waals surface area (Å²) in [4.78, 5) is 27.5. The number of ether oxygens (including phenoxy) is 1. The van der Waals surface area contributed by atoms with Crippen LogP contribution >= 0.6 is 0 Å². The van der Waals surface area contributed by atoms with Crippen LogP contribution in [-0.2, 0) is 11.8 Å². The second-order valence-corrected chi connectivity index (χ2v) is 8.26. The van der Waals surface area contributed by atoms with Gasteiger partial charge < -0.3 is 15.0 Å². The summed E-state index contributed by atoms with van der Waals surface area (Å²) in [6, 6.07) is 17.1. The van der Waals surface area contributed by atoms with Crippen molar-refractivity contribution in [2.75, 3.05) is 13.7 Å². The zero-order valence-electron chi connectivity index (χ0n) is 17.9. The molecule has 5 nitrogen and oxygen atoms in total. The first-order valence-electron chi connectivity index (χ1n) is 10.0. The molecule has 156 valence electrons. The van der Waals surface area contributed by atoms with E-state index >= 15 is 0 Å². The summed E-state index contributed by atoms with van der Waals surface area (Å²) in [7, 11) is 1.60. The molecule has 0 fully saturated rings. The van der Waals surface area contributed by atoms with Gasteiger partial charge in [0.25, 0.3) is 11.5 Å². The Morgan fingerprint density at radius 1 is 1.07 bits per heavy atom. The van der Waals surface area contributed by atoms with Gasteiger partial charge in [0, 0.05) is 23.9 Å². The van der Waals surface area contributed by atoms with Gasteiger partial charge in [0.1, 0.15) is 5.75 Å². The summed E-state index contributed by atoms with van der Waals surface area (Å²) in [6.07, 6.45) is 2.28. The fraction of sp³-hybridized carbons (Fsp3) is 0.280. The summed E-state index contributed by atoms with van der Waals surface area (Å²) in [6.45, 7) is 6.77. The number of aromatic amines is 1. The van der Waals surface area contributed by atoms with Gasteiger partial charge in [-0.2, -0.15) is 0 Å². The lowest BCUT2D eigenvalue weighted by Gasteiger charge is -2.23. The highest BCUT2D eigenvalue weighted by Gasteiger charge is 2.23. The fourth-order valence-electron chi connectivity index (χ4n) is 3.49. The number of carbonyl (C=O) groups excluding carboxylic acids is 1. The molecular formula is C25H28N2O3.